The van der Waals surface area contributed by atoms with Crippen LogP contribution in [0.15, 0.2) is 55.0 Å². The van der Waals surface area contributed by atoms with Gasteiger partial charge in [-0.2, -0.15) is 0 Å². The number of piperazine rings is 1. The highest BCUT2D eigenvalue weighted by Crippen LogP contribution is 2.35. The lowest BCUT2D eigenvalue weighted by Crippen LogP contribution is -2.56. The Labute approximate surface area is 203 Å². The monoisotopic (exact) mass is 475 g/mol. The first kappa shape index (κ1) is 21.4. The molecule has 7 nitrogen and oxygen atoms in total. The van der Waals surface area contributed by atoms with Crippen LogP contribution in [0.3, 0.4) is 0 Å². The minimum atomic E-state index is 0.605. The molecule has 34 heavy (non-hydrogen) atoms. The Morgan fingerprint density at radius 3 is 2.56 bits per heavy atom. The largest absolute Gasteiger partial charge is 0.495 e. The Hall–Kier alpha value is -3.13. The number of aromatic nitrogens is 3. The van der Waals surface area contributed by atoms with Gasteiger partial charge in [-0.3, -0.25) is 9.88 Å². The van der Waals surface area contributed by atoms with Crippen LogP contribution in [0.5, 0.6) is 5.75 Å². The fraction of sp³-hybridized carbons (Fsp3) is 0.308. The summed E-state index contributed by atoms with van der Waals surface area (Å²) in [6.07, 6.45) is 5.43. The van der Waals surface area contributed by atoms with Crippen molar-refractivity contribution in [3.63, 3.8) is 0 Å². The number of anilines is 1. The number of halogens is 1. The number of methoxy groups -OCH3 is 1. The van der Waals surface area contributed by atoms with Crippen LogP contribution in [0.2, 0.25) is 5.02 Å². The summed E-state index contributed by atoms with van der Waals surface area (Å²) >= 11 is 6.62. The van der Waals surface area contributed by atoms with E-state index in [4.69, 9.17) is 26.1 Å². The van der Waals surface area contributed by atoms with Crippen LogP contribution < -0.4 is 9.64 Å². The van der Waals surface area contributed by atoms with Gasteiger partial charge in [0, 0.05) is 71.9 Å². The number of H-pyrrole nitrogens is 1. The van der Waals surface area contributed by atoms with E-state index >= 15 is 0 Å². The third kappa shape index (κ3) is 4.00. The summed E-state index contributed by atoms with van der Waals surface area (Å²) < 4.78 is 10.6. The first-order valence-electron chi connectivity index (χ1n) is 11.5. The minimum Gasteiger partial charge on any atom is -0.495 e. The van der Waals surface area contributed by atoms with Gasteiger partial charge in [0.05, 0.1) is 37.6 Å². The number of pyridine rings is 2. The maximum absolute atomic E-state index is 6.62. The summed E-state index contributed by atoms with van der Waals surface area (Å²) in [5, 5.41) is 1.74. The highest BCUT2D eigenvalue weighted by molar-refractivity contribution is 6.34. The fourth-order valence-electron chi connectivity index (χ4n) is 4.69. The highest BCUT2D eigenvalue weighted by atomic mass is 35.5. The van der Waals surface area contributed by atoms with Gasteiger partial charge in [0.2, 0.25) is 0 Å². The number of hydrogen-bond acceptors (Lipinski definition) is 6. The number of rotatable bonds is 5. The van der Waals surface area contributed by atoms with Crippen LogP contribution in [0, 0.1) is 0 Å². The molecule has 3 aromatic heterocycles. The normalized spacial score (nSPS) is 17.2. The van der Waals surface area contributed by atoms with Crippen molar-refractivity contribution in [2.24, 2.45) is 0 Å². The Balaban J connectivity index is 1.22. The van der Waals surface area contributed by atoms with Crippen molar-refractivity contribution in [3.05, 3.63) is 60.0 Å². The molecule has 2 fully saturated rings. The van der Waals surface area contributed by atoms with E-state index in [1.165, 1.54) is 0 Å². The van der Waals surface area contributed by atoms with Crippen LogP contribution in [0.4, 0.5) is 5.82 Å². The van der Waals surface area contributed by atoms with Crippen LogP contribution in [-0.4, -0.2) is 72.4 Å². The van der Waals surface area contributed by atoms with Crippen LogP contribution in [0.1, 0.15) is 0 Å². The molecule has 4 aromatic rings. The third-order valence-electron chi connectivity index (χ3n) is 6.80. The minimum absolute atomic E-state index is 0.605. The number of nitrogens with zero attached hydrogens (tertiary/aromatic N) is 4. The lowest BCUT2D eigenvalue weighted by Gasteiger charge is -2.42. The molecular weight excluding hydrogens is 450 g/mol. The Morgan fingerprint density at radius 1 is 1.00 bits per heavy atom. The molecule has 2 aliphatic heterocycles. The zero-order chi connectivity index (χ0) is 23.1. The fourth-order valence-corrected chi connectivity index (χ4v) is 4.96. The molecule has 0 saturated carbocycles. The Bertz CT molecular complexity index is 1310. The van der Waals surface area contributed by atoms with Crippen molar-refractivity contribution in [1.82, 2.24) is 19.9 Å². The topological polar surface area (TPSA) is 66.5 Å². The van der Waals surface area contributed by atoms with E-state index in [9.17, 15) is 0 Å². The molecule has 0 aliphatic carbocycles. The first-order chi connectivity index (χ1) is 16.7. The van der Waals surface area contributed by atoms with E-state index in [0.29, 0.717) is 16.8 Å². The summed E-state index contributed by atoms with van der Waals surface area (Å²) in [6.45, 7) is 5.86. The number of fused-ring (bicyclic) bond motifs is 1. The van der Waals surface area contributed by atoms with Gasteiger partial charge in [-0.05, 0) is 36.4 Å². The van der Waals surface area contributed by atoms with Crippen LogP contribution in [-0.2, 0) is 4.74 Å². The van der Waals surface area contributed by atoms with Gasteiger partial charge in [0.25, 0.3) is 0 Å². The summed E-state index contributed by atoms with van der Waals surface area (Å²) in [7, 11) is 1.63. The zero-order valence-electron chi connectivity index (χ0n) is 19.0. The summed E-state index contributed by atoms with van der Waals surface area (Å²) in [6, 6.07) is 13.0. The van der Waals surface area contributed by atoms with Crippen molar-refractivity contribution in [2.75, 3.05) is 51.4 Å². The van der Waals surface area contributed by atoms with Gasteiger partial charge >= 0.3 is 0 Å². The van der Waals surface area contributed by atoms with Crippen molar-refractivity contribution < 1.29 is 9.47 Å². The highest BCUT2D eigenvalue weighted by Gasteiger charge is 2.29. The zero-order valence-corrected chi connectivity index (χ0v) is 19.8. The second-order valence-electron chi connectivity index (χ2n) is 8.84. The predicted molar refractivity (Wildman–Crippen MR) is 135 cm³/mol. The molecule has 1 N–H and O–H groups in total. The molecule has 0 bridgehead atoms. The lowest BCUT2D eigenvalue weighted by molar-refractivity contribution is -0.0660. The molecule has 2 saturated heterocycles. The molecule has 0 atom stereocenters. The number of hydrogen-bond donors (Lipinski definition) is 1. The molecule has 0 unspecified atom stereocenters. The average Bonchev–Trinajstić information content (AvgIpc) is 3.26. The quantitative estimate of drug-likeness (QED) is 0.459. The second-order valence-corrected chi connectivity index (χ2v) is 9.24. The summed E-state index contributed by atoms with van der Waals surface area (Å²) in [5.74, 6) is 1.73. The molecule has 5 heterocycles. The van der Waals surface area contributed by atoms with E-state index in [1.54, 1.807) is 19.5 Å². The van der Waals surface area contributed by atoms with Crippen LogP contribution in [0.25, 0.3) is 33.3 Å². The molecule has 2 aliphatic rings. The smallest absolute Gasteiger partial charge is 0.137 e. The SMILES string of the molecule is COc1cncc(-c2cc3cc(-c4ccc(N5CCN(C6COC6)CC5)nc4)[nH]c3cc2Cl)c1. The number of nitrogens with one attached hydrogen (secondary N) is 1. The first-order valence-corrected chi connectivity index (χ1v) is 11.9. The predicted octanol–water partition coefficient (Wildman–Crippen LogP) is 4.47. The van der Waals surface area contributed by atoms with E-state index in [1.807, 2.05) is 18.3 Å². The van der Waals surface area contributed by atoms with Gasteiger partial charge < -0.3 is 19.4 Å². The van der Waals surface area contributed by atoms with Crippen molar-refractivity contribution in [3.8, 4) is 28.1 Å². The number of ether oxygens (including phenoxy) is 2. The molecule has 8 heteroatoms. The average molecular weight is 476 g/mol. The van der Waals surface area contributed by atoms with E-state index in [2.05, 4.69) is 44.0 Å². The maximum Gasteiger partial charge on any atom is 0.137 e. The molecule has 0 amide bonds. The maximum atomic E-state index is 6.62. The third-order valence-corrected chi connectivity index (χ3v) is 7.11. The number of benzene rings is 1. The second kappa shape index (κ2) is 8.91. The summed E-state index contributed by atoms with van der Waals surface area (Å²) in [4.78, 5) is 17.4. The lowest BCUT2D eigenvalue weighted by atomic mass is 10.1. The molecule has 0 radical (unpaired) electrons. The molecule has 0 spiro atoms. The van der Waals surface area contributed by atoms with Gasteiger partial charge in [-0.15, -0.1) is 0 Å². The number of aromatic amines is 1. The van der Waals surface area contributed by atoms with Gasteiger partial charge in [-0.1, -0.05) is 11.6 Å². The Morgan fingerprint density at radius 2 is 1.85 bits per heavy atom. The van der Waals surface area contributed by atoms with Gasteiger partial charge in [0.15, 0.2) is 0 Å². The summed E-state index contributed by atoms with van der Waals surface area (Å²) in [5.41, 5.74) is 4.89. The molecule has 1 aromatic carbocycles. The van der Waals surface area contributed by atoms with Crippen LogP contribution >= 0.6 is 11.6 Å². The van der Waals surface area contributed by atoms with Gasteiger partial charge in [0.1, 0.15) is 11.6 Å². The van der Waals surface area contributed by atoms with Crippen molar-refractivity contribution in [2.45, 2.75) is 6.04 Å². The van der Waals surface area contributed by atoms with Crippen molar-refractivity contribution in [1.29, 1.82) is 0 Å². The van der Waals surface area contributed by atoms with Crippen molar-refractivity contribution >= 4 is 28.3 Å². The Kier molecular flexibility index (Phi) is 5.61. The molecular formula is C26H26ClN5O2. The van der Waals surface area contributed by atoms with E-state index in [-0.39, 0.29) is 0 Å². The van der Waals surface area contributed by atoms with E-state index in [0.717, 1.165) is 78.5 Å². The molecule has 6 rings (SSSR count). The standard InChI is InChI=1S/C26H26ClN5O2/c1-33-21-8-19(12-28-14-21)22-9-18-10-24(30-25(18)11-23(22)27)17-2-3-26(29-13-17)32-6-4-31(5-7-32)20-15-34-16-20/h2-3,8-14,20,30H,4-7,15-16H2,1H3. The molecule has 174 valence electrons. The van der Waals surface area contributed by atoms with Gasteiger partial charge in [-0.25, -0.2) is 4.98 Å². The van der Waals surface area contributed by atoms with E-state index < -0.39 is 0 Å².